The van der Waals surface area contributed by atoms with Gasteiger partial charge in [-0.2, -0.15) is 0 Å². The number of halogens is 3. The zero-order chi connectivity index (χ0) is 14.9. The van der Waals surface area contributed by atoms with Gasteiger partial charge in [0, 0.05) is 16.7 Å². The quantitative estimate of drug-likeness (QED) is 0.853. The molecule has 0 bridgehead atoms. The lowest BCUT2D eigenvalue weighted by atomic mass is 9.97. The molecule has 0 spiro atoms. The van der Waals surface area contributed by atoms with Crippen LogP contribution in [0.25, 0.3) is 0 Å². The van der Waals surface area contributed by atoms with Gasteiger partial charge in [-0.3, -0.25) is 0 Å². The highest BCUT2D eigenvalue weighted by molar-refractivity contribution is 6.34. The van der Waals surface area contributed by atoms with E-state index >= 15 is 0 Å². The van der Waals surface area contributed by atoms with Crippen LogP contribution in [0.4, 0.5) is 0 Å². The predicted molar refractivity (Wildman–Crippen MR) is 83.3 cm³/mol. The Labute approximate surface area is 132 Å². The number of benzene rings is 2. The van der Waals surface area contributed by atoms with Crippen molar-refractivity contribution in [1.29, 1.82) is 0 Å². The summed E-state index contributed by atoms with van der Waals surface area (Å²) in [6.07, 6.45) is -0.872. The lowest BCUT2D eigenvalue weighted by Crippen LogP contribution is -2.03. The molecule has 1 N–H and O–H groups in total. The minimum Gasteiger partial charge on any atom is -0.495 e. The Morgan fingerprint density at radius 1 is 1.00 bits per heavy atom. The topological polar surface area (TPSA) is 29.5 Å². The normalized spacial score (nSPS) is 12.3. The molecule has 2 aromatic rings. The van der Waals surface area contributed by atoms with Gasteiger partial charge in [0.1, 0.15) is 11.9 Å². The second-order valence-electron chi connectivity index (χ2n) is 4.41. The molecule has 2 nitrogen and oxygen atoms in total. The average molecular weight is 332 g/mol. The third kappa shape index (κ3) is 3.04. The van der Waals surface area contributed by atoms with Gasteiger partial charge in [-0.25, -0.2) is 0 Å². The zero-order valence-corrected chi connectivity index (χ0v) is 13.2. The summed E-state index contributed by atoms with van der Waals surface area (Å²) in [6, 6.07) is 8.50. The molecule has 0 saturated carbocycles. The van der Waals surface area contributed by atoms with Gasteiger partial charge in [-0.1, -0.05) is 40.9 Å². The number of ether oxygens (including phenoxy) is 1. The first-order valence-corrected chi connectivity index (χ1v) is 7.04. The number of rotatable bonds is 3. The Kier molecular flexibility index (Phi) is 4.82. The number of hydrogen-bond acceptors (Lipinski definition) is 2. The fraction of sp³-hybridized carbons (Fsp3) is 0.200. The van der Waals surface area contributed by atoms with Gasteiger partial charge in [-0.15, -0.1) is 0 Å². The summed E-state index contributed by atoms with van der Waals surface area (Å²) < 4.78 is 5.09. The zero-order valence-electron chi connectivity index (χ0n) is 11.0. The minimum absolute atomic E-state index is 0.396. The third-order valence-corrected chi connectivity index (χ3v) is 3.95. The summed E-state index contributed by atoms with van der Waals surface area (Å²) >= 11 is 18.2. The number of aryl methyl sites for hydroxylation is 1. The van der Waals surface area contributed by atoms with Crippen molar-refractivity contribution >= 4 is 34.8 Å². The lowest BCUT2D eigenvalue weighted by molar-refractivity contribution is 0.219. The lowest BCUT2D eigenvalue weighted by Gasteiger charge is -2.17. The Hall–Kier alpha value is -0.930. The van der Waals surface area contributed by atoms with E-state index in [1.54, 1.807) is 30.3 Å². The number of aliphatic hydroxyl groups is 1. The van der Waals surface area contributed by atoms with Crippen LogP contribution in [-0.2, 0) is 0 Å². The van der Waals surface area contributed by atoms with Crippen LogP contribution in [0.5, 0.6) is 5.75 Å². The Morgan fingerprint density at radius 3 is 2.30 bits per heavy atom. The molecule has 106 valence electrons. The summed E-state index contributed by atoms with van der Waals surface area (Å²) in [6.45, 7) is 1.88. The molecule has 5 heteroatoms. The predicted octanol–water partition coefficient (Wildman–Crippen LogP) is 5.05. The van der Waals surface area contributed by atoms with E-state index in [9.17, 15) is 5.11 Å². The molecular formula is C15H13Cl3O2. The van der Waals surface area contributed by atoms with Crippen LogP contribution in [0.15, 0.2) is 30.3 Å². The van der Waals surface area contributed by atoms with Gasteiger partial charge < -0.3 is 9.84 Å². The van der Waals surface area contributed by atoms with E-state index in [2.05, 4.69) is 0 Å². The number of hydrogen-bond donors (Lipinski definition) is 1. The van der Waals surface area contributed by atoms with E-state index in [1.165, 1.54) is 7.11 Å². The standard InChI is InChI=1S/C15H13Cl3O2/c1-8-5-9(16)3-4-10(8)15(19)11-6-13(18)14(20-2)7-12(11)17/h3-7,15,19H,1-2H3. The summed E-state index contributed by atoms with van der Waals surface area (Å²) in [5.74, 6) is 0.473. The van der Waals surface area contributed by atoms with Crippen LogP contribution in [0.3, 0.4) is 0 Å². The van der Waals surface area contributed by atoms with Crippen molar-refractivity contribution in [3.63, 3.8) is 0 Å². The number of methoxy groups -OCH3 is 1. The van der Waals surface area contributed by atoms with E-state index in [-0.39, 0.29) is 0 Å². The van der Waals surface area contributed by atoms with Crippen LogP contribution >= 0.6 is 34.8 Å². The van der Waals surface area contributed by atoms with Crippen molar-refractivity contribution in [2.45, 2.75) is 13.0 Å². The second kappa shape index (κ2) is 6.23. The highest BCUT2D eigenvalue weighted by atomic mass is 35.5. The second-order valence-corrected chi connectivity index (χ2v) is 5.66. The van der Waals surface area contributed by atoms with Crippen LogP contribution in [-0.4, -0.2) is 12.2 Å². The molecule has 0 aliphatic carbocycles. The van der Waals surface area contributed by atoms with Gasteiger partial charge in [0.15, 0.2) is 0 Å². The molecule has 20 heavy (non-hydrogen) atoms. The monoisotopic (exact) mass is 330 g/mol. The van der Waals surface area contributed by atoms with Crippen molar-refractivity contribution in [3.8, 4) is 5.75 Å². The molecule has 0 aromatic heterocycles. The first-order valence-electron chi connectivity index (χ1n) is 5.91. The van der Waals surface area contributed by atoms with Crippen molar-refractivity contribution in [1.82, 2.24) is 0 Å². The summed E-state index contributed by atoms with van der Waals surface area (Å²) in [7, 11) is 1.51. The summed E-state index contributed by atoms with van der Waals surface area (Å²) in [4.78, 5) is 0. The maximum absolute atomic E-state index is 10.5. The van der Waals surface area contributed by atoms with Gasteiger partial charge in [0.2, 0.25) is 0 Å². The fourth-order valence-corrected chi connectivity index (χ4v) is 2.76. The largest absolute Gasteiger partial charge is 0.495 e. The van der Waals surface area contributed by atoms with E-state index < -0.39 is 6.10 Å². The maximum atomic E-state index is 10.5. The van der Waals surface area contributed by atoms with Crippen LogP contribution in [0.2, 0.25) is 15.1 Å². The van der Waals surface area contributed by atoms with Gasteiger partial charge in [-0.05, 0) is 36.2 Å². The summed E-state index contributed by atoms with van der Waals surface area (Å²) in [5, 5.41) is 11.9. The Morgan fingerprint density at radius 2 is 1.70 bits per heavy atom. The summed E-state index contributed by atoms with van der Waals surface area (Å²) in [5.41, 5.74) is 2.15. The van der Waals surface area contributed by atoms with E-state index in [0.29, 0.717) is 26.4 Å². The first-order chi connectivity index (χ1) is 9.43. The van der Waals surface area contributed by atoms with Crippen molar-refractivity contribution in [2.75, 3.05) is 7.11 Å². The first kappa shape index (κ1) is 15.5. The molecular weight excluding hydrogens is 319 g/mol. The van der Waals surface area contributed by atoms with E-state index in [0.717, 1.165) is 11.1 Å². The fourth-order valence-electron chi connectivity index (χ4n) is 2.02. The van der Waals surface area contributed by atoms with Gasteiger partial charge >= 0.3 is 0 Å². The smallest absolute Gasteiger partial charge is 0.138 e. The van der Waals surface area contributed by atoms with Gasteiger partial charge in [0.05, 0.1) is 17.2 Å². The van der Waals surface area contributed by atoms with E-state index in [4.69, 9.17) is 39.5 Å². The maximum Gasteiger partial charge on any atom is 0.138 e. The molecule has 0 radical (unpaired) electrons. The van der Waals surface area contributed by atoms with Gasteiger partial charge in [0.25, 0.3) is 0 Å². The third-order valence-electron chi connectivity index (χ3n) is 3.09. The van der Waals surface area contributed by atoms with Crippen LogP contribution in [0, 0.1) is 6.92 Å². The Balaban J connectivity index is 2.48. The molecule has 1 unspecified atom stereocenters. The molecule has 2 rings (SSSR count). The molecule has 0 aliphatic rings. The Bertz CT molecular complexity index is 641. The molecule has 0 amide bonds. The number of aliphatic hydroxyl groups excluding tert-OH is 1. The van der Waals surface area contributed by atoms with Crippen molar-refractivity contribution < 1.29 is 9.84 Å². The highest BCUT2D eigenvalue weighted by Crippen LogP contribution is 2.37. The molecule has 1 atom stereocenters. The van der Waals surface area contributed by atoms with Crippen molar-refractivity contribution in [3.05, 3.63) is 62.1 Å². The SMILES string of the molecule is COc1cc(Cl)c(C(O)c2ccc(Cl)cc2C)cc1Cl. The minimum atomic E-state index is -0.872. The molecule has 0 saturated heterocycles. The molecule has 0 heterocycles. The van der Waals surface area contributed by atoms with E-state index in [1.807, 2.05) is 6.92 Å². The van der Waals surface area contributed by atoms with Crippen LogP contribution < -0.4 is 4.74 Å². The molecule has 0 fully saturated rings. The molecule has 2 aromatic carbocycles. The van der Waals surface area contributed by atoms with Crippen LogP contribution in [0.1, 0.15) is 22.8 Å². The van der Waals surface area contributed by atoms with Crippen molar-refractivity contribution in [2.24, 2.45) is 0 Å². The average Bonchev–Trinajstić information content (AvgIpc) is 2.40. The highest BCUT2D eigenvalue weighted by Gasteiger charge is 2.18. The molecule has 0 aliphatic heterocycles.